The highest BCUT2D eigenvalue weighted by atomic mass is 35.5. The smallest absolute Gasteiger partial charge is 0.387 e. The summed E-state index contributed by atoms with van der Waals surface area (Å²) in [6.07, 6.45) is 2.32. The fourth-order valence-electron chi connectivity index (χ4n) is 2.25. The van der Waals surface area contributed by atoms with E-state index in [2.05, 4.69) is 20.1 Å². The number of aromatic nitrogens is 3. The summed E-state index contributed by atoms with van der Waals surface area (Å²) in [5.74, 6) is -1.86. The number of nitrogens with one attached hydrogen (secondary N) is 1. The maximum absolute atomic E-state index is 13.9. The first kappa shape index (κ1) is 19.6. The van der Waals surface area contributed by atoms with Crippen LogP contribution in [-0.2, 0) is 6.54 Å². The molecule has 0 aliphatic carbocycles. The Kier molecular flexibility index (Phi) is 5.78. The molecule has 6 nitrogen and oxygen atoms in total. The summed E-state index contributed by atoms with van der Waals surface area (Å²) >= 11 is 6.02. The highest BCUT2D eigenvalue weighted by molar-refractivity contribution is 6.32. The van der Waals surface area contributed by atoms with Crippen LogP contribution in [0.1, 0.15) is 5.69 Å². The van der Waals surface area contributed by atoms with E-state index in [1.54, 1.807) is 0 Å². The van der Waals surface area contributed by atoms with E-state index in [9.17, 15) is 22.4 Å². The van der Waals surface area contributed by atoms with Crippen LogP contribution in [0.25, 0.3) is 5.69 Å². The summed E-state index contributed by atoms with van der Waals surface area (Å²) in [4.78, 5) is 16.3. The minimum absolute atomic E-state index is 0.0950. The Hall–Kier alpha value is -3.14. The number of ether oxygens (including phenoxy) is 1. The van der Waals surface area contributed by atoms with Gasteiger partial charge in [0.25, 0.3) is 5.56 Å². The molecule has 0 unspecified atom stereocenters. The zero-order chi connectivity index (χ0) is 20.3. The molecule has 0 saturated carbocycles. The van der Waals surface area contributed by atoms with Gasteiger partial charge >= 0.3 is 6.61 Å². The Morgan fingerprint density at radius 2 is 1.96 bits per heavy atom. The molecule has 28 heavy (non-hydrogen) atoms. The van der Waals surface area contributed by atoms with E-state index >= 15 is 0 Å². The molecule has 2 heterocycles. The van der Waals surface area contributed by atoms with Gasteiger partial charge in [0.05, 0.1) is 30.3 Å². The van der Waals surface area contributed by atoms with E-state index in [1.165, 1.54) is 18.3 Å². The summed E-state index contributed by atoms with van der Waals surface area (Å²) in [6.45, 7) is -2.85. The van der Waals surface area contributed by atoms with E-state index in [1.807, 2.05) is 0 Å². The van der Waals surface area contributed by atoms with Crippen molar-refractivity contribution in [2.24, 2.45) is 0 Å². The number of hydrogen-bond donors (Lipinski definition) is 1. The van der Waals surface area contributed by atoms with Crippen LogP contribution in [0.3, 0.4) is 0 Å². The van der Waals surface area contributed by atoms with Crippen molar-refractivity contribution in [3.8, 4) is 11.4 Å². The van der Waals surface area contributed by atoms with E-state index in [0.29, 0.717) is 16.4 Å². The first-order chi connectivity index (χ1) is 13.3. The average Bonchev–Trinajstić information content (AvgIpc) is 2.64. The predicted molar refractivity (Wildman–Crippen MR) is 93.0 cm³/mol. The molecule has 3 rings (SSSR count). The summed E-state index contributed by atoms with van der Waals surface area (Å²) in [7, 11) is 0. The van der Waals surface area contributed by atoms with Gasteiger partial charge in [-0.05, 0) is 24.3 Å². The lowest BCUT2D eigenvalue weighted by Crippen LogP contribution is -2.23. The number of pyridine rings is 1. The molecule has 11 heteroatoms. The monoisotopic (exact) mass is 414 g/mol. The Morgan fingerprint density at radius 1 is 1.18 bits per heavy atom. The summed E-state index contributed by atoms with van der Waals surface area (Å²) in [5.41, 5.74) is -0.464. The van der Waals surface area contributed by atoms with Gasteiger partial charge in [-0.25, -0.2) is 8.78 Å². The van der Waals surface area contributed by atoms with Gasteiger partial charge in [0, 0.05) is 6.07 Å². The van der Waals surface area contributed by atoms with Gasteiger partial charge in [-0.2, -0.15) is 18.6 Å². The van der Waals surface area contributed by atoms with Gasteiger partial charge in [0.2, 0.25) is 0 Å². The number of rotatable bonds is 6. The maximum atomic E-state index is 13.9. The van der Waals surface area contributed by atoms with Crippen molar-refractivity contribution in [1.29, 1.82) is 0 Å². The number of benzene rings is 1. The lowest BCUT2D eigenvalue weighted by atomic mass is 10.3. The standard InChI is InChI=1S/C17H11ClF4N4O2/c18-15-13(24-6-10-2-3-11(7-23-10)28-17(21)22)8-25-26(16(15)27)14-4-1-9(19)5-12(14)20/h1-5,7-8,17,24H,6H2. The number of hydrogen-bond acceptors (Lipinski definition) is 5. The molecule has 0 atom stereocenters. The second kappa shape index (κ2) is 8.26. The highest BCUT2D eigenvalue weighted by Crippen LogP contribution is 2.19. The Labute approximate surface area is 160 Å². The topological polar surface area (TPSA) is 69.0 Å². The first-order valence-electron chi connectivity index (χ1n) is 7.72. The number of halogens is 5. The molecule has 0 amide bonds. The highest BCUT2D eigenvalue weighted by Gasteiger charge is 2.14. The van der Waals surface area contributed by atoms with Crippen LogP contribution in [0.5, 0.6) is 5.75 Å². The van der Waals surface area contributed by atoms with E-state index < -0.39 is 23.8 Å². The van der Waals surface area contributed by atoms with Crippen LogP contribution < -0.4 is 15.6 Å². The lowest BCUT2D eigenvalue weighted by Gasteiger charge is -2.11. The zero-order valence-corrected chi connectivity index (χ0v) is 14.6. The molecule has 3 aromatic rings. The average molecular weight is 415 g/mol. The lowest BCUT2D eigenvalue weighted by molar-refractivity contribution is -0.0500. The normalized spacial score (nSPS) is 10.9. The van der Waals surface area contributed by atoms with Crippen molar-refractivity contribution in [1.82, 2.24) is 14.8 Å². The molecule has 146 valence electrons. The molecule has 0 aliphatic rings. The number of anilines is 1. The summed E-state index contributed by atoms with van der Waals surface area (Å²) in [5, 5.41) is 6.38. The predicted octanol–water partition coefficient (Wildman–Crippen LogP) is 3.77. The largest absolute Gasteiger partial charge is 0.433 e. The summed E-state index contributed by atoms with van der Waals surface area (Å²) < 4.78 is 56.0. The fourth-order valence-corrected chi connectivity index (χ4v) is 2.45. The second-order valence-corrected chi connectivity index (χ2v) is 5.78. The van der Waals surface area contributed by atoms with Crippen LogP contribution in [0, 0.1) is 11.6 Å². The maximum Gasteiger partial charge on any atom is 0.387 e. The van der Waals surface area contributed by atoms with E-state index in [0.717, 1.165) is 18.3 Å². The molecule has 0 spiro atoms. The van der Waals surface area contributed by atoms with Crippen LogP contribution in [0.2, 0.25) is 5.02 Å². The number of alkyl halides is 2. The van der Waals surface area contributed by atoms with Crippen molar-refractivity contribution < 1.29 is 22.3 Å². The second-order valence-electron chi connectivity index (χ2n) is 5.40. The van der Waals surface area contributed by atoms with Gasteiger partial charge in [-0.3, -0.25) is 9.78 Å². The molecule has 0 aliphatic heterocycles. The minimum atomic E-state index is -2.95. The third kappa shape index (κ3) is 4.39. The molecule has 0 radical (unpaired) electrons. The Bertz CT molecular complexity index is 1040. The Morgan fingerprint density at radius 3 is 2.61 bits per heavy atom. The van der Waals surface area contributed by atoms with Crippen molar-refractivity contribution in [3.05, 3.63) is 75.4 Å². The first-order valence-corrected chi connectivity index (χ1v) is 8.10. The molecular weight excluding hydrogens is 404 g/mol. The van der Waals surface area contributed by atoms with Gasteiger partial charge in [0.15, 0.2) is 5.82 Å². The van der Waals surface area contributed by atoms with E-state index in [-0.39, 0.29) is 28.7 Å². The van der Waals surface area contributed by atoms with E-state index in [4.69, 9.17) is 11.6 Å². The quantitative estimate of drug-likeness (QED) is 0.622. The molecular formula is C17H11ClF4N4O2. The molecule has 2 aromatic heterocycles. The van der Waals surface area contributed by atoms with Crippen molar-refractivity contribution in [2.75, 3.05) is 5.32 Å². The molecule has 0 fully saturated rings. The summed E-state index contributed by atoms with van der Waals surface area (Å²) in [6, 6.07) is 5.43. The van der Waals surface area contributed by atoms with Gasteiger partial charge in [-0.15, -0.1) is 0 Å². The van der Waals surface area contributed by atoms with Crippen molar-refractivity contribution >= 4 is 17.3 Å². The van der Waals surface area contributed by atoms with Crippen molar-refractivity contribution in [3.63, 3.8) is 0 Å². The Balaban J connectivity index is 1.77. The molecule has 1 aromatic carbocycles. The van der Waals surface area contributed by atoms with Crippen molar-refractivity contribution in [2.45, 2.75) is 13.2 Å². The van der Waals surface area contributed by atoms with Gasteiger partial charge in [0.1, 0.15) is 22.3 Å². The molecule has 0 bridgehead atoms. The van der Waals surface area contributed by atoms with Crippen LogP contribution in [0.4, 0.5) is 23.2 Å². The van der Waals surface area contributed by atoms with Gasteiger partial charge in [-0.1, -0.05) is 11.6 Å². The SMILES string of the molecule is O=c1c(Cl)c(NCc2ccc(OC(F)F)cn2)cnn1-c1ccc(F)cc1F. The fraction of sp³-hybridized carbons (Fsp3) is 0.118. The van der Waals surface area contributed by atoms with Gasteiger partial charge < -0.3 is 10.1 Å². The van der Waals surface area contributed by atoms with Crippen LogP contribution >= 0.6 is 11.6 Å². The third-order valence-corrected chi connectivity index (χ3v) is 3.90. The molecule has 0 saturated heterocycles. The molecule has 1 N–H and O–H groups in total. The zero-order valence-electron chi connectivity index (χ0n) is 13.9. The minimum Gasteiger partial charge on any atom is -0.433 e. The third-order valence-electron chi connectivity index (χ3n) is 3.54. The number of nitrogens with zero attached hydrogens (tertiary/aromatic N) is 3. The van der Waals surface area contributed by atoms with Crippen LogP contribution in [-0.4, -0.2) is 21.4 Å². The van der Waals surface area contributed by atoms with Crippen LogP contribution in [0.15, 0.2) is 47.5 Å².